The largest absolute Gasteiger partial charge is 0.491 e. The predicted octanol–water partition coefficient (Wildman–Crippen LogP) is 3.05. The number of amides is 1. The first-order valence-electron chi connectivity index (χ1n) is 9.33. The Morgan fingerprint density at radius 3 is 2.56 bits per heavy atom. The molecule has 1 amide bonds. The third-order valence-corrected chi connectivity index (χ3v) is 4.59. The van der Waals surface area contributed by atoms with Gasteiger partial charge in [0.1, 0.15) is 18.2 Å². The lowest BCUT2D eigenvalue weighted by Crippen LogP contribution is -2.40. The number of carbonyl (C=O) groups is 1. The molecule has 27 heavy (non-hydrogen) atoms. The first kappa shape index (κ1) is 19.2. The van der Waals surface area contributed by atoms with E-state index in [-0.39, 0.29) is 11.9 Å². The molecule has 0 spiro atoms. The van der Waals surface area contributed by atoms with Gasteiger partial charge in [0.2, 0.25) is 0 Å². The number of nitrogens with one attached hydrogen (secondary N) is 1. The predicted molar refractivity (Wildman–Crippen MR) is 105 cm³/mol. The summed E-state index contributed by atoms with van der Waals surface area (Å²) in [6.07, 6.45) is 1.62. The number of hydrogen-bond donors (Lipinski definition) is 1. The number of nitrogens with zero attached hydrogens (tertiary/aromatic N) is 2. The highest BCUT2D eigenvalue weighted by molar-refractivity contribution is 5.94. The van der Waals surface area contributed by atoms with E-state index in [4.69, 9.17) is 9.47 Å². The summed E-state index contributed by atoms with van der Waals surface area (Å²) in [5, 5.41) is 3.32. The molecule has 1 N–H and O–H groups in total. The van der Waals surface area contributed by atoms with Crippen molar-refractivity contribution in [2.24, 2.45) is 0 Å². The van der Waals surface area contributed by atoms with Gasteiger partial charge in [-0.1, -0.05) is 18.2 Å². The molecule has 0 saturated carbocycles. The van der Waals surface area contributed by atoms with Crippen LogP contribution in [0.3, 0.4) is 0 Å². The first-order valence-corrected chi connectivity index (χ1v) is 9.33. The van der Waals surface area contributed by atoms with E-state index in [1.807, 2.05) is 51.1 Å². The number of morpholine rings is 1. The highest BCUT2D eigenvalue weighted by Crippen LogP contribution is 2.22. The number of hydrogen-bond acceptors (Lipinski definition) is 5. The van der Waals surface area contributed by atoms with Crippen LogP contribution < -0.4 is 10.1 Å². The Kier molecular flexibility index (Phi) is 6.29. The highest BCUT2D eigenvalue weighted by atomic mass is 16.5. The molecule has 3 rings (SSSR count). The lowest BCUT2D eigenvalue weighted by molar-refractivity contribution is 0.0302. The topological polar surface area (TPSA) is 63.7 Å². The Morgan fingerprint density at radius 1 is 1.22 bits per heavy atom. The van der Waals surface area contributed by atoms with Crippen molar-refractivity contribution in [1.29, 1.82) is 0 Å². The van der Waals surface area contributed by atoms with Gasteiger partial charge in [-0.05, 0) is 44.0 Å². The zero-order valence-electron chi connectivity index (χ0n) is 16.2. The molecule has 144 valence electrons. The average molecular weight is 369 g/mol. The lowest BCUT2D eigenvalue weighted by atomic mass is 10.1. The maximum atomic E-state index is 12.4. The molecule has 2 heterocycles. The van der Waals surface area contributed by atoms with Gasteiger partial charge in [0.05, 0.1) is 24.8 Å². The van der Waals surface area contributed by atoms with E-state index in [0.29, 0.717) is 38.5 Å². The lowest BCUT2D eigenvalue weighted by Gasteiger charge is -2.26. The molecular formula is C21H27N3O3. The van der Waals surface area contributed by atoms with Crippen molar-refractivity contribution in [2.45, 2.75) is 26.8 Å². The maximum Gasteiger partial charge on any atom is 0.255 e. The van der Waals surface area contributed by atoms with Crippen LogP contribution in [0.15, 0.2) is 36.5 Å². The second kappa shape index (κ2) is 8.86. The third-order valence-electron chi connectivity index (χ3n) is 4.59. The van der Waals surface area contributed by atoms with Gasteiger partial charge >= 0.3 is 0 Å². The summed E-state index contributed by atoms with van der Waals surface area (Å²) in [6, 6.07) is 9.86. The Bertz CT molecular complexity index is 750. The van der Waals surface area contributed by atoms with E-state index in [9.17, 15) is 4.79 Å². The van der Waals surface area contributed by atoms with E-state index >= 15 is 0 Å². The SMILES string of the molecule is Cc1cccc(C)c1OCC(C)Nc1ccc(C(=O)N2CCOCC2)cn1. The number of para-hydroxylation sites is 1. The molecule has 1 atom stereocenters. The van der Waals surface area contributed by atoms with Crippen LogP contribution in [0.4, 0.5) is 5.82 Å². The van der Waals surface area contributed by atoms with E-state index in [2.05, 4.69) is 10.3 Å². The van der Waals surface area contributed by atoms with Crippen LogP contribution in [-0.2, 0) is 4.74 Å². The van der Waals surface area contributed by atoms with Gasteiger partial charge in [-0.25, -0.2) is 4.98 Å². The van der Waals surface area contributed by atoms with Gasteiger partial charge in [-0.2, -0.15) is 0 Å². The van der Waals surface area contributed by atoms with Crippen molar-refractivity contribution in [3.63, 3.8) is 0 Å². The minimum Gasteiger partial charge on any atom is -0.491 e. The standard InChI is InChI=1S/C21H27N3O3/c1-15-5-4-6-16(2)20(15)27-14-17(3)23-19-8-7-18(13-22-19)21(25)24-9-11-26-12-10-24/h4-8,13,17H,9-12,14H2,1-3H3,(H,22,23). The molecule has 0 radical (unpaired) electrons. The normalized spacial score (nSPS) is 15.3. The smallest absolute Gasteiger partial charge is 0.255 e. The molecule has 1 aliphatic rings. The Morgan fingerprint density at radius 2 is 1.93 bits per heavy atom. The fraction of sp³-hybridized carbons (Fsp3) is 0.429. The average Bonchev–Trinajstić information content (AvgIpc) is 2.68. The fourth-order valence-electron chi connectivity index (χ4n) is 3.08. The van der Waals surface area contributed by atoms with Gasteiger partial charge in [0, 0.05) is 19.3 Å². The van der Waals surface area contributed by atoms with Crippen molar-refractivity contribution in [2.75, 3.05) is 38.2 Å². The number of aryl methyl sites for hydroxylation is 2. The van der Waals surface area contributed by atoms with Crippen LogP contribution in [-0.4, -0.2) is 54.7 Å². The second-order valence-electron chi connectivity index (χ2n) is 6.91. The van der Waals surface area contributed by atoms with Gasteiger partial charge in [-0.3, -0.25) is 4.79 Å². The Hall–Kier alpha value is -2.60. The number of rotatable bonds is 6. The summed E-state index contributed by atoms with van der Waals surface area (Å²) in [5.74, 6) is 1.67. The zero-order chi connectivity index (χ0) is 19.2. The van der Waals surface area contributed by atoms with E-state index < -0.39 is 0 Å². The maximum absolute atomic E-state index is 12.4. The summed E-state index contributed by atoms with van der Waals surface area (Å²) < 4.78 is 11.3. The number of benzene rings is 1. The van der Waals surface area contributed by atoms with Gasteiger partial charge in [0.25, 0.3) is 5.91 Å². The van der Waals surface area contributed by atoms with Crippen LogP contribution in [0, 0.1) is 13.8 Å². The van der Waals surface area contributed by atoms with Gasteiger partial charge in [-0.15, -0.1) is 0 Å². The minimum absolute atomic E-state index is 0.00348. The van der Waals surface area contributed by atoms with Crippen molar-refractivity contribution in [3.05, 3.63) is 53.2 Å². The number of ether oxygens (including phenoxy) is 2. The molecule has 6 heteroatoms. The van der Waals surface area contributed by atoms with Crippen LogP contribution in [0.5, 0.6) is 5.75 Å². The summed E-state index contributed by atoms with van der Waals surface area (Å²) >= 11 is 0. The fourth-order valence-corrected chi connectivity index (χ4v) is 3.08. The molecule has 1 saturated heterocycles. The molecule has 1 aromatic carbocycles. The van der Waals surface area contributed by atoms with Crippen LogP contribution in [0.1, 0.15) is 28.4 Å². The quantitative estimate of drug-likeness (QED) is 0.848. The number of anilines is 1. The molecular weight excluding hydrogens is 342 g/mol. The van der Waals surface area contributed by atoms with E-state index in [1.54, 1.807) is 11.1 Å². The van der Waals surface area contributed by atoms with Crippen LogP contribution in [0.2, 0.25) is 0 Å². The van der Waals surface area contributed by atoms with Crippen molar-refractivity contribution in [1.82, 2.24) is 9.88 Å². The van der Waals surface area contributed by atoms with Gasteiger partial charge < -0.3 is 19.7 Å². The summed E-state index contributed by atoms with van der Waals surface area (Å²) in [5.41, 5.74) is 2.86. The number of aromatic nitrogens is 1. The van der Waals surface area contributed by atoms with Crippen LogP contribution in [0.25, 0.3) is 0 Å². The van der Waals surface area contributed by atoms with Gasteiger partial charge in [0.15, 0.2) is 0 Å². The Labute approximate surface area is 160 Å². The van der Waals surface area contributed by atoms with Crippen molar-refractivity contribution < 1.29 is 14.3 Å². The monoisotopic (exact) mass is 369 g/mol. The Balaban J connectivity index is 1.53. The summed E-state index contributed by atoms with van der Waals surface area (Å²) in [6.45, 7) is 9.12. The van der Waals surface area contributed by atoms with E-state index in [0.717, 1.165) is 22.7 Å². The van der Waals surface area contributed by atoms with Crippen LogP contribution >= 0.6 is 0 Å². The number of carbonyl (C=O) groups excluding carboxylic acids is 1. The van der Waals surface area contributed by atoms with Crippen molar-refractivity contribution in [3.8, 4) is 5.75 Å². The van der Waals surface area contributed by atoms with Crippen molar-refractivity contribution >= 4 is 11.7 Å². The molecule has 0 aliphatic carbocycles. The second-order valence-corrected chi connectivity index (χ2v) is 6.91. The molecule has 1 aromatic heterocycles. The molecule has 1 aliphatic heterocycles. The molecule has 0 bridgehead atoms. The van der Waals surface area contributed by atoms with E-state index in [1.165, 1.54) is 0 Å². The number of pyridine rings is 1. The minimum atomic E-state index is 0.00348. The zero-order valence-corrected chi connectivity index (χ0v) is 16.2. The first-order chi connectivity index (χ1) is 13.0. The summed E-state index contributed by atoms with van der Waals surface area (Å²) in [4.78, 5) is 18.6. The summed E-state index contributed by atoms with van der Waals surface area (Å²) in [7, 11) is 0. The third kappa shape index (κ3) is 4.98. The highest BCUT2D eigenvalue weighted by Gasteiger charge is 2.18. The molecule has 6 nitrogen and oxygen atoms in total. The molecule has 1 fully saturated rings. The molecule has 1 unspecified atom stereocenters. The molecule has 2 aromatic rings.